The minimum Gasteiger partial charge on any atom is -0.394 e. The Morgan fingerprint density at radius 1 is 0.457 bits per heavy atom. The number of nitrogens with one attached hydrogen (secondary N) is 1. The molecule has 6 aromatic rings. The molecule has 10 heteroatoms. The van der Waals surface area contributed by atoms with E-state index >= 15 is 0 Å². The van der Waals surface area contributed by atoms with Gasteiger partial charge in [0.25, 0.3) is 0 Å². The van der Waals surface area contributed by atoms with Crippen LogP contribution in [0.25, 0.3) is 0 Å². The Kier molecular flexibility index (Phi) is 29.8. The van der Waals surface area contributed by atoms with Crippen molar-refractivity contribution < 1.29 is 43.1 Å². The van der Waals surface area contributed by atoms with Gasteiger partial charge in [0.1, 0.15) is 30.5 Å². The monoisotopic (exact) mass is 1100 g/mol. The first-order chi connectivity index (χ1) is 40.1. The average Bonchev–Trinajstić information content (AvgIpc) is 3.52. The molecule has 0 bridgehead atoms. The van der Waals surface area contributed by atoms with Gasteiger partial charge < -0.3 is 43.6 Å². The Bertz CT molecular complexity index is 2490. The zero-order chi connectivity index (χ0) is 56.2. The summed E-state index contributed by atoms with van der Waals surface area (Å²) in [5.41, 5.74) is 6.27. The lowest BCUT2D eigenvalue weighted by atomic mass is 9.97. The Morgan fingerprint density at radius 2 is 0.864 bits per heavy atom. The van der Waals surface area contributed by atoms with Crippen LogP contribution in [0.2, 0.25) is 0 Å². The fraction of sp³-hybridized carbons (Fsp3) is 0.479. The SMILES string of the molecule is CCCCCCCCCCCCCC[C@@H](OCc1ccccc1)[C@@H](OCc1ccccc1)[C@H](CO[C@H]1O[C@H](CO)[C@H](OCc2ccccc2)[C@H](OCc2ccccc2)[C@H]1OCc1ccccc1)NC(=O)CCCCCc1ccccc1. The van der Waals surface area contributed by atoms with Crippen molar-refractivity contribution in [3.63, 3.8) is 0 Å². The molecule has 436 valence electrons. The van der Waals surface area contributed by atoms with Crippen LogP contribution in [-0.2, 0) is 77.4 Å². The summed E-state index contributed by atoms with van der Waals surface area (Å²) in [4.78, 5) is 14.5. The third-order valence-electron chi connectivity index (χ3n) is 15.3. The number of aliphatic hydroxyl groups is 1. The molecule has 7 rings (SSSR count). The molecule has 0 unspecified atom stereocenters. The van der Waals surface area contributed by atoms with Gasteiger partial charge in [0.15, 0.2) is 6.29 Å². The quantitative estimate of drug-likeness (QED) is 0.0362. The van der Waals surface area contributed by atoms with Crippen molar-refractivity contribution in [3.8, 4) is 0 Å². The second-order valence-electron chi connectivity index (χ2n) is 21.8. The zero-order valence-electron chi connectivity index (χ0n) is 48.3. The molecule has 1 amide bonds. The second-order valence-corrected chi connectivity index (χ2v) is 21.8. The maximum absolute atomic E-state index is 14.5. The van der Waals surface area contributed by atoms with Crippen molar-refractivity contribution >= 4 is 5.91 Å². The van der Waals surface area contributed by atoms with Gasteiger partial charge in [-0.1, -0.05) is 272 Å². The van der Waals surface area contributed by atoms with Crippen molar-refractivity contribution in [1.29, 1.82) is 0 Å². The molecule has 10 nitrogen and oxygen atoms in total. The highest BCUT2D eigenvalue weighted by atomic mass is 16.7. The number of benzene rings is 6. The van der Waals surface area contributed by atoms with Crippen LogP contribution in [-0.4, -0.2) is 73.2 Å². The minimum absolute atomic E-state index is 0.0161. The Morgan fingerprint density at radius 3 is 1.35 bits per heavy atom. The molecule has 1 heterocycles. The van der Waals surface area contributed by atoms with E-state index < -0.39 is 49.0 Å². The highest BCUT2D eigenvalue weighted by Crippen LogP contribution is 2.32. The summed E-state index contributed by atoms with van der Waals surface area (Å²) in [5.74, 6) is -0.0862. The van der Waals surface area contributed by atoms with Gasteiger partial charge >= 0.3 is 0 Å². The van der Waals surface area contributed by atoms with E-state index in [1.54, 1.807) is 0 Å². The normalized spacial score (nSPS) is 18.3. The van der Waals surface area contributed by atoms with E-state index in [9.17, 15) is 9.90 Å². The van der Waals surface area contributed by atoms with Crippen LogP contribution in [0.4, 0.5) is 0 Å². The third kappa shape index (κ3) is 23.7. The van der Waals surface area contributed by atoms with Gasteiger partial charge in [-0.25, -0.2) is 0 Å². The number of aliphatic hydroxyl groups excluding tert-OH is 1. The van der Waals surface area contributed by atoms with Gasteiger partial charge in [0.05, 0.1) is 58.4 Å². The van der Waals surface area contributed by atoms with E-state index in [0.717, 1.165) is 79.2 Å². The number of amides is 1. The Balaban J connectivity index is 1.17. The van der Waals surface area contributed by atoms with E-state index in [1.165, 1.54) is 63.4 Å². The van der Waals surface area contributed by atoms with Crippen LogP contribution in [0, 0.1) is 0 Å². The summed E-state index contributed by atoms with van der Waals surface area (Å²) in [5, 5.41) is 14.7. The first kappa shape index (κ1) is 63.1. The lowest BCUT2D eigenvalue weighted by Crippen LogP contribution is -2.62. The molecule has 0 saturated carbocycles. The molecule has 1 fully saturated rings. The van der Waals surface area contributed by atoms with Gasteiger partial charge in [-0.2, -0.15) is 0 Å². The van der Waals surface area contributed by atoms with Gasteiger partial charge in [-0.05, 0) is 59.1 Å². The van der Waals surface area contributed by atoms with Crippen molar-refractivity contribution in [2.24, 2.45) is 0 Å². The van der Waals surface area contributed by atoms with E-state index in [-0.39, 0.29) is 38.9 Å². The molecule has 81 heavy (non-hydrogen) atoms. The van der Waals surface area contributed by atoms with E-state index in [4.69, 9.17) is 33.2 Å². The van der Waals surface area contributed by atoms with E-state index in [2.05, 4.69) is 60.8 Å². The van der Waals surface area contributed by atoms with Crippen LogP contribution in [0.3, 0.4) is 0 Å². The average molecular weight is 1100 g/mol. The molecule has 1 aliphatic rings. The third-order valence-corrected chi connectivity index (χ3v) is 15.3. The molecular weight excluding hydrogens is 1010 g/mol. The molecule has 0 aliphatic carbocycles. The van der Waals surface area contributed by atoms with Gasteiger partial charge in [0, 0.05) is 6.42 Å². The van der Waals surface area contributed by atoms with Gasteiger partial charge in [-0.3, -0.25) is 4.79 Å². The predicted octanol–water partition coefficient (Wildman–Crippen LogP) is 15.0. The lowest BCUT2D eigenvalue weighted by Gasteiger charge is -2.46. The van der Waals surface area contributed by atoms with Crippen LogP contribution < -0.4 is 5.32 Å². The Hall–Kier alpha value is -5.53. The number of hydrogen-bond acceptors (Lipinski definition) is 9. The maximum Gasteiger partial charge on any atom is 0.220 e. The number of ether oxygens (including phenoxy) is 7. The standard InChI is InChI=1S/C71H93NO9/c1-2-3-4-5-6-7-8-9-10-11-12-33-48-64(75-51-58-38-23-14-24-39-58)67(76-52-59-40-25-15-26-41-59)63(72-66(74)49-34-19-22-37-57-35-20-13-21-36-57)56-80-71-70(79-55-62-46-31-18-32-47-62)69(78-54-61-44-29-17-30-45-61)68(65(50-73)81-71)77-53-60-42-27-16-28-43-60/h13-18,20-21,23-32,35-36,38-47,63-65,67-71,73H,2-12,19,22,33-34,37,48-56H2,1H3,(H,72,74)/t63-,64+,65+,67-,68-,69-,70+,71-/m0/s1. The van der Waals surface area contributed by atoms with Crippen LogP contribution >= 0.6 is 0 Å². The molecule has 8 atom stereocenters. The predicted molar refractivity (Wildman–Crippen MR) is 323 cm³/mol. The zero-order valence-corrected chi connectivity index (χ0v) is 48.3. The van der Waals surface area contributed by atoms with Crippen molar-refractivity contribution in [2.75, 3.05) is 13.2 Å². The molecule has 0 radical (unpaired) electrons. The molecule has 1 aliphatic heterocycles. The fourth-order valence-corrected chi connectivity index (χ4v) is 10.7. The highest BCUT2D eigenvalue weighted by molar-refractivity contribution is 5.76. The number of carbonyl (C=O) groups is 1. The second kappa shape index (κ2) is 38.3. The van der Waals surface area contributed by atoms with Crippen LogP contribution in [0.15, 0.2) is 182 Å². The summed E-state index contributed by atoms with van der Waals surface area (Å²) < 4.78 is 48.7. The molecule has 0 spiro atoms. The minimum atomic E-state index is -1.06. The number of rotatable bonds is 41. The highest BCUT2D eigenvalue weighted by Gasteiger charge is 2.49. The van der Waals surface area contributed by atoms with Crippen molar-refractivity contribution in [3.05, 3.63) is 215 Å². The van der Waals surface area contributed by atoms with E-state index in [0.29, 0.717) is 19.6 Å². The molecule has 6 aromatic carbocycles. The van der Waals surface area contributed by atoms with Gasteiger partial charge in [-0.15, -0.1) is 0 Å². The van der Waals surface area contributed by atoms with Crippen molar-refractivity contribution in [1.82, 2.24) is 5.32 Å². The fourth-order valence-electron chi connectivity index (χ4n) is 10.7. The first-order valence-electron chi connectivity index (χ1n) is 30.5. The summed E-state index contributed by atoms with van der Waals surface area (Å²) >= 11 is 0. The molecule has 2 N–H and O–H groups in total. The van der Waals surface area contributed by atoms with Gasteiger partial charge in [0.2, 0.25) is 5.91 Å². The summed E-state index contributed by atoms with van der Waals surface area (Å²) in [6.45, 7) is 3.32. The van der Waals surface area contributed by atoms with Crippen LogP contribution in [0.1, 0.15) is 149 Å². The summed E-state index contributed by atoms with van der Waals surface area (Å²) in [7, 11) is 0. The smallest absolute Gasteiger partial charge is 0.220 e. The Labute approximate surface area is 485 Å². The molecular formula is C71H93NO9. The first-order valence-corrected chi connectivity index (χ1v) is 30.5. The van der Waals surface area contributed by atoms with E-state index in [1.807, 2.05) is 133 Å². The number of hydrogen-bond donors (Lipinski definition) is 2. The largest absolute Gasteiger partial charge is 0.394 e. The number of carbonyl (C=O) groups excluding carboxylic acids is 1. The van der Waals surface area contributed by atoms with Crippen LogP contribution in [0.5, 0.6) is 0 Å². The summed E-state index contributed by atoms with van der Waals surface area (Å²) in [6, 6.07) is 60.2. The van der Waals surface area contributed by atoms with Crippen molar-refractivity contribution in [2.45, 2.75) is 204 Å². The summed E-state index contributed by atoms with van der Waals surface area (Å²) in [6.07, 6.45) is 14.3. The number of aryl methyl sites for hydroxylation is 1. The molecule has 0 aromatic heterocycles. The topological polar surface area (TPSA) is 114 Å². The maximum atomic E-state index is 14.5. The number of unbranched alkanes of at least 4 members (excludes halogenated alkanes) is 13. The molecule has 1 saturated heterocycles. The lowest BCUT2D eigenvalue weighted by molar-refractivity contribution is -0.328.